The predicted octanol–water partition coefficient (Wildman–Crippen LogP) is 4.46. The van der Waals surface area contributed by atoms with Crippen molar-refractivity contribution in [2.24, 2.45) is 0 Å². The summed E-state index contributed by atoms with van der Waals surface area (Å²) in [6.07, 6.45) is 3.69. The molecule has 1 aromatic heterocycles. The molecule has 1 amide bonds. The summed E-state index contributed by atoms with van der Waals surface area (Å²) < 4.78 is 7.22. The second-order valence-electron chi connectivity index (χ2n) is 7.27. The molecule has 1 N–H and O–H groups in total. The second kappa shape index (κ2) is 9.27. The maximum atomic E-state index is 12.6. The first kappa shape index (κ1) is 19.7. The molecule has 3 aromatic carbocycles. The third-order valence-corrected chi connectivity index (χ3v) is 5.14. The van der Waals surface area contributed by atoms with Gasteiger partial charge in [-0.3, -0.25) is 9.48 Å². The minimum absolute atomic E-state index is 0.0564. The van der Waals surface area contributed by atoms with Crippen LogP contribution in [0.5, 0.6) is 5.75 Å². The smallest absolute Gasteiger partial charge is 0.251 e. The standard InChI is InChI=1S/C25H25N3O2/c1-30-23-11-5-9-20(15-23)18-28-24-16-21(12-13-22(24)17-27-28)25(29)26-14-6-10-19-7-3-2-4-8-19/h2-5,7-9,11-13,15-17H,6,10,14,18H2,1H3,(H,26,29). The van der Waals surface area contributed by atoms with E-state index in [9.17, 15) is 4.79 Å². The SMILES string of the molecule is COc1cccc(Cn2ncc3ccc(C(=O)NCCCc4ccccc4)cc32)c1. The van der Waals surface area contributed by atoms with Gasteiger partial charge in [0.25, 0.3) is 5.91 Å². The van der Waals surface area contributed by atoms with E-state index < -0.39 is 0 Å². The summed E-state index contributed by atoms with van der Waals surface area (Å²) in [5.41, 5.74) is 3.97. The molecule has 5 heteroatoms. The largest absolute Gasteiger partial charge is 0.497 e. The summed E-state index contributed by atoms with van der Waals surface area (Å²) in [4.78, 5) is 12.6. The number of carbonyl (C=O) groups is 1. The number of hydrogen-bond acceptors (Lipinski definition) is 3. The number of hydrogen-bond donors (Lipinski definition) is 1. The van der Waals surface area contributed by atoms with E-state index in [1.54, 1.807) is 7.11 Å². The van der Waals surface area contributed by atoms with E-state index >= 15 is 0 Å². The molecule has 0 atom stereocenters. The molecule has 30 heavy (non-hydrogen) atoms. The third-order valence-electron chi connectivity index (χ3n) is 5.14. The molecule has 5 nitrogen and oxygen atoms in total. The van der Waals surface area contributed by atoms with Crippen LogP contribution in [0.2, 0.25) is 0 Å². The van der Waals surface area contributed by atoms with Crippen LogP contribution in [-0.2, 0) is 13.0 Å². The molecular weight excluding hydrogens is 374 g/mol. The fourth-order valence-corrected chi connectivity index (χ4v) is 3.52. The summed E-state index contributed by atoms with van der Waals surface area (Å²) in [6.45, 7) is 1.26. The molecule has 0 saturated heterocycles. The van der Waals surface area contributed by atoms with E-state index in [4.69, 9.17) is 4.74 Å². The predicted molar refractivity (Wildman–Crippen MR) is 119 cm³/mol. The van der Waals surface area contributed by atoms with Crippen LogP contribution in [0.1, 0.15) is 27.9 Å². The van der Waals surface area contributed by atoms with Crippen LogP contribution >= 0.6 is 0 Å². The highest BCUT2D eigenvalue weighted by Gasteiger charge is 2.10. The van der Waals surface area contributed by atoms with Gasteiger partial charge >= 0.3 is 0 Å². The fourth-order valence-electron chi connectivity index (χ4n) is 3.52. The second-order valence-corrected chi connectivity index (χ2v) is 7.27. The number of aryl methyl sites for hydroxylation is 1. The molecular formula is C25H25N3O2. The third kappa shape index (κ3) is 4.69. The number of rotatable bonds is 8. The van der Waals surface area contributed by atoms with E-state index in [2.05, 4.69) is 22.5 Å². The number of aromatic nitrogens is 2. The highest BCUT2D eigenvalue weighted by molar-refractivity contribution is 5.97. The van der Waals surface area contributed by atoms with Crippen molar-refractivity contribution in [2.45, 2.75) is 19.4 Å². The molecule has 0 bridgehead atoms. The number of methoxy groups -OCH3 is 1. The van der Waals surface area contributed by atoms with Crippen molar-refractivity contribution in [3.05, 3.63) is 95.7 Å². The fraction of sp³-hybridized carbons (Fsp3) is 0.200. The maximum absolute atomic E-state index is 12.6. The molecule has 0 fully saturated rings. The molecule has 152 valence electrons. The zero-order chi connectivity index (χ0) is 20.8. The monoisotopic (exact) mass is 399 g/mol. The van der Waals surface area contributed by atoms with E-state index in [0.717, 1.165) is 35.1 Å². The quantitative estimate of drug-likeness (QED) is 0.445. The van der Waals surface area contributed by atoms with Crippen LogP contribution in [0.25, 0.3) is 10.9 Å². The number of ether oxygens (including phenoxy) is 1. The van der Waals surface area contributed by atoms with Gasteiger partial charge in [0.1, 0.15) is 5.75 Å². The molecule has 0 aliphatic rings. The van der Waals surface area contributed by atoms with Crippen molar-refractivity contribution in [3.63, 3.8) is 0 Å². The Morgan fingerprint density at radius 1 is 1.00 bits per heavy atom. The Labute approximate surface area is 176 Å². The van der Waals surface area contributed by atoms with Crippen molar-refractivity contribution in [2.75, 3.05) is 13.7 Å². The number of fused-ring (bicyclic) bond motifs is 1. The molecule has 0 unspecified atom stereocenters. The maximum Gasteiger partial charge on any atom is 0.251 e. The topological polar surface area (TPSA) is 56.2 Å². The van der Waals surface area contributed by atoms with E-state index in [0.29, 0.717) is 18.7 Å². The van der Waals surface area contributed by atoms with Crippen LogP contribution < -0.4 is 10.1 Å². The lowest BCUT2D eigenvalue weighted by Crippen LogP contribution is -2.24. The Balaban J connectivity index is 1.42. The first-order valence-corrected chi connectivity index (χ1v) is 10.1. The minimum atomic E-state index is -0.0564. The average molecular weight is 399 g/mol. The van der Waals surface area contributed by atoms with E-state index in [1.807, 2.05) is 71.5 Å². The number of nitrogens with zero attached hydrogens (tertiary/aromatic N) is 2. The molecule has 0 saturated carbocycles. The van der Waals surface area contributed by atoms with Gasteiger partial charge in [0, 0.05) is 17.5 Å². The molecule has 0 radical (unpaired) electrons. The Morgan fingerprint density at radius 2 is 1.83 bits per heavy atom. The van der Waals surface area contributed by atoms with Gasteiger partial charge in [-0.25, -0.2) is 0 Å². The first-order chi connectivity index (χ1) is 14.7. The van der Waals surface area contributed by atoms with Crippen molar-refractivity contribution < 1.29 is 9.53 Å². The van der Waals surface area contributed by atoms with Crippen LogP contribution in [0, 0.1) is 0 Å². The van der Waals surface area contributed by atoms with Gasteiger partial charge in [0.15, 0.2) is 0 Å². The number of benzene rings is 3. The lowest BCUT2D eigenvalue weighted by atomic mass is 10.1. The molecule has 0 spiro atoms. The minimum Gasteiger partial charge on any atom is -0.497 e. The number of carbonyl (C=O) groups excluding carboxylic acids is 1. The van der Waals surface area contributed by atoms with Gasteiger partial charge < -0.3 is 10.1 Å². The van der Waals surface area contributed by atoms with Gasteiger partial charge in [0.2, 0.25) is 0 Å². The highest BCUT2D eigenvalue weighted by atomic mass is 16.5. The Hall–Kier alpha value is -3.60. The summed E-state index contributed by atoms with van der Waals surface area (Å²) in [6, 6.07) is 24.0. The number of nitrogens with one attached hydrogen (secondary N) is 1. The molecule has 1 heterocycles. The van der Waals surface area contributed by atoms with Crippen LogP contribution in [0.3, 0.4) is 0 Å². The lowest BCUT2D eigenvalue weighted by Gasteiger charge is -2.08. The lowest BCUT2D eigenvalue weighted by molar-refractivity contribution is 0.0953. The van der Waals surface area contributed by atoms with Crippen molar-refractivity contribution in [1.82, 2.24) is 15.1 Å². The average Bonchev–Trinajstić information content (AvgIpc) is 3.19. The normalized spacial score (nSPS) is 10.8. The zero-order valence-corrected chi connectivity index (χ0v) is 17.0. The van der Waals surface area contributed by atoms with Crippen molar-refractivity contribution in [1.29, 1.82) is 0 Å². The summed E-state index contributed by atoms with van der Waals surface area (Å²) in [5.74, 6) is 0.763. The van der Waals surface area contributed by atoms with Gasteiger partial charge in [-0.15, -0.1) is 0 Å². The van der Waals surface area contributed by atoms with Gasteiger partial charge in [-0.1, -0.05) is 48.5 Å². The summed E-state index contributed by atoms with van der Waals surface area (Å²) in [7, 11) is 1.66. The van der Waals surface area contributed by atoms with Crippen molar-refractivity contribution in [3.8, 4) is 5.75 Å². The van der Waals surface area contributed by atoms with Gasteiger partial charge in [0.05, 0.1) is 25.4 Å². The molecule has 4 aromatic rings. The molecule has 0 aliphatic carbocycles. The van der Waals surface area contributed by atoms with E-state index in [-0.39, 0.29) is 5.91 Å². The molecule has 4 rings (SSSR count). The Kier molecular flexibility index (Phi) is 6.09. The summed E-state index contributed by atoms with van der Waals surface area (Å²) >= 11 is 0. The highest BCUT2D eigenvalue weighted by Crippen LogP contribution is 2.19. The Morgan fingerprint density at radius 3 is 2.67 bits per heavy atom. The van der Waals surface area contributed by atoms with Gasteiger partial charge in [-0.2, -0.15) is 5.10 Å². The zero-order valence-electron chi connectivity index (χ0n) is 17.0. The van der Waals surface area contributed by atoms with Crippen LogP contribution in [0.15, 0.2) is 79.0 Å². The first-order valence-electron chi connectivity index (χ1n) is 10.1. The Bertz CT molecular complexity index is 1140. The van der Waals surface area contributed by atoms with E-state index in [1.165, 1.54) is 5.56 Å². The van der Waals surface area contributed by atoms with Crippen LogP contribution in [0.4, 0.5) is 0 Å². The van der Waals surface area contributed by atoms with Gasteiger partial charge in [-0.05, 0) is 48.2 Å². The number of amides is 1. The molecule has 0 aliphatic heterocycles. The summed E-state index contributed by atoms with van der Waals surface area (Å²) in [5, 5.41) is 8.54. The van der Waals surface area contributed by atoms with Crippen LogP contribution in [-0.4, -0.2) is 29.3 Å². The van der Waals surface area contributed by atoms with Crippen molar-refractivity contribution >= 4 is 16.8 Å².